The van der Waals surface area contributed by atoms with E-state index in [0.717, 1.165) is 13.0 Å². The van der Waals surface area contributed by atoms with Gasteiger partial charge in [-0.3, -0.25) is 0 Å². The minimum atomic E-state index is -1.45. The molecule has 0 fully saturated rings. The second kappa shape index (κ2) is 5.04. The Morgan fingerprint density at radius 1 is 1.27 bits per heavy atom. The van der Waals surface area contributed by atoms with Crippen LogP contribution in [0.3, 0.4) is 0 Å². The molecule has 1 N–H and O–H groups in total. The average Bonchev–Trinajstić information content (AvgIpc) is 2.07. The van der Waals surface area contributed by atoms with Crippen LogP contribution < -0.4 is 4.98 Å². The number of rotatable bonds is 4. The van der Waals surface area contributed by atoms with Gasteiger partial charge in [-0.1, -0.05) is 30.3 Å². The second-order valence-electron chi connectivity index (χ2n) is 2.37. The third kappa shape index (κ3) is 3.30. The maximum atomic E-state index is 11.7. The molecular formula is C8H12FNSi. The van der Waals surface area contributed by atoms with Gasteiger partial charge in [0.15, 0.2) is 0 Å². The number of nitrogens with one attached hydrogen (secondary N) is 1. The molecule has 0 aliphatic rings. The molecular weight excluding hydrogens is 157 g/mol. The lowest BCUT2D eigenvalue weighted by Crippen LogP contribution is -2.18. The van der Waals surface area contributed by atoms with Crippen LogP contribution in [-0.2, 0) is 6.42 Å². The van der Waals surface area contributed by atoms with E-state index in [0.29, 0.717) is 0 Å². The maximum Gasteiger partial charge on any atom is 0.289 e. The van der Waals surface area contributed by atoms with Crippen molar-refractivity contribution in [2.75, 3.05) is 6.54 Å². The highest BCUT2D eigenvalue weighted by atomic mass is 28.3. The SMILES string of the molecule is F[SiH2]NCCc1ccccc1. The lowest BCUT2D eigenvalue weighted by atomic mass is 10.2. The van der Waals surface area contributed by atoms with E-state index in [1.54, 1.807) is 0 Å². The van der Waals surface area contributed by atoms with Crippen LogP contribution in [0.15, 0.2) is 30.3 Å². The van der Waals surface area contributed by atoms with E-state index in [1.807, 2.05) is 18.2 Å². The topological polar surface area (TPSA) is 12.0 Å². The first-order chi connectivity index (χ1) is 5.43. The normalized spacial score (nSPS) is 11.0. The Morgan fingerprint density at radius 3 is 2.64 bits per heavy atom. The molecule has 0 aliphatic heterocycles. The third-order valence-corrected chi connectivity index (χ3v) is 2.07. The molecule has 0 unspecified atom stereocenters. The fourth-order valence-corrected chi connectivity index (χ4v) is 1.25. The summed E-state index contributed by atoms with van der Waals surface area (Å²) in [4.78, 5) is 2.77. The Labute approximate surface area is 68.7 Å². The van der Waals surface area contributed by atoms with E-state index in [9.17, 15) is 4.11 Å². The lowest BCUT2D eigenvalue weighted by molar-refractivity contribution is 0.784. The highest BCUT2D eigenvalue weighted by molar-refractivity contribution is 6.22. The van der Waals surface area contributed by atoms with Crippen molar-refractivity contribution in [1.82, 2.24) is 4.98 Å². The molecule has 1 rings (SSSR count). The molecule has 3 heteroatoms. The summed E-state index contributed by atoms with van der Waals surface area (Å²) >= 11 is 0. The molecule has 1 aromatic carbocycles. The van der Waals surface area contributed by atoms with Gasteiger partial charge < -0.3 is 9.09 Å². The Kier molecular flexibility index (Phi) is 3.86. The summed E-state index contributed by atoms with van der Waals surface area (Å²) in [7, 11) is -1.45. The molecule has 0 saturated heterocycles. The van der Waals surface area contributed by atoms with Crippen LogP contribution in [0.1, 0.15) is 5.56 Å². The average molecular weight is 169 g/mol. The number of hydrogen-bond acceptors (Lipinski definition) is 1. The standard InChI is InChI=1S/C8H12FNSi/c9-11-10-7-6-8-4-2-1-3-5-8/h1-5,10H,6-7,11H2. The zero-order chi connectivity index (χ0) is 7.94. The van der Waals surface area contributed by atoms with Crippen molar-refractivity contribution in [3.63, 3.8) is 0 Å². The van der Waals surface area contributed by atoms with E-state index < -0.39 is 10.0 Å². The lowest BCUT2D eigenvalue weighted by Gasteiger charge is -1.99. The van der Waals surface area contributed by atoms with Crippen molar-refractivity contribution in [3.8, 4) is 0 Å². The minimum Gasteiger partial charge on any atom is -0.317 e. The Bertz CT molecular complexity index is 191. The summed E-state index contributed by atoms with van der Waals surface area (Å²) in [6, 6.07) is 10.1. The van der Waals surface area contributed by atoms with Crippen molar-refractivity contribution >= 4 is 10.0 Å². The largest absolute Gasteiger partial charge is 0.317 e. The smallest absolute Gasteiger partial charge is 0.289 e. The molecule has 60 valence electrons. The Balaban J connectivity index is 2.28. The van der Waals surface area contributed by atoms with Gasteiger partial charge in [-0.15, -0.1) is 0 Å². The molecule has 1 aromatic rings. The minimum absolute atomic E-state index is 0.771. The first kappa shape index (κ1) is 8.42. The van der Waals surface area contributed by atoms with Gasteiger partial charge in [0.2, 0.25) is 0 Å². The Morgan fingerprint density at radius 2 is 2.00 bits per heavy atom. The van der Waals surface area contributed by atoms with Gasteiger partial charge in [-0.25, -0.2) is 0 Å². The first-order valence-electron chi connectivity index (χ1n) is 3.74. The summed E-state index contributed by atoms with van der Waals surface area (Å²) in [5.41, 5.74) is 1.27. The first-order valence-corrected chi connectivity index (χ1v) is 4.98. The molecule has 0 heterocycles. The zero-order valence-electron chi connectivity index (χ0n) is 6.39. The van der Waals surface area contributed by atoms with Crippen LogP contribution >= 0.6 is 0 Å². The van der Waals surface area contributed by atoms with Gasteiger partial charge in [0.25, 0.3) is 10.0 Å². The van der Waals surface area contributed by atoms with E-state index in [-0.39, 0.29) is 0 Å². The summed E-state index contributed by atoms with van der Waals surface area (Å²) in [6.07, 6.45) is 0.928. The molecule has 0 atom stereocenters. The third-order valence-electron chi connectivity index (χ3n) is 1.53. The summed E-state index contributed by atoms with van der Waals surface area (Å²) in [6.45, 7) is 0.771. The summed E-state index contributed by atoms with van der Waals surface area (Å²) < 4.78 is 11.7. The summed E-state index contributed by atoms with van der Waals surface area (Å²) in [5.74, 6) is 0. The van der Waals surface area contributed by atoms with Crippen LogP contribution in [0.2, 0.25) is 0 Å². The van der Waals surface area contributed by atoms with Crippen LogP contribution in [0.5, 0.6) is 0 Å². The maximum absolute atomic E-state index is 11.7. The van der Waals surface area contributed by atoms with E-state index >= 15 is 0 Å². The van der Waals surface area contributed by atoms with Crippen molar-refractivity contribution in [2.45, 2.75) is 6.42 Å². The van der Waals surface area contributed by atoms with Gasteiger partial charge in [0, 0.05) is 0 Å². The molecule has 0 aliphatic carbocycles. The number of halogens is 1. The van der Waals surface area contributed by atoms with Gasteiger partial charge in [0.05, 0.1) is 0 Å². The molecule has 0 radical (unpaired) electrons. The highest BCUT2D eigenvalue weighted by Crippen LogP contribution is 1.97. The highest BCUT2D eigenvalue weighted by Gasteiger charge is 1.89. The van der Waals surface area contributed by atoms with E-state index in [4.69, 9.17) is 0 Å². The van der Waals surface area contributed by atoms with Crippen LogP contribution in [0, 0.1) is 0 Å². The van der Waals surface area contributed by atoms with Gasteiger partial charge in [-0.05, 0) is 18.5 Å². The van der Waals surface area contributed by atoms with Crippen LogP contribution in [-0.4, -0.2) is 16.6 Å². The van der Waals surface area contributed by atoms with Gasteiger partial charge in [0.1, 0.15) is 0 Å². The molecule has 0 spiro atoms. The number of hydrogen-bond donors (Lipinski definition) is 1. The van der Waals surface area contributed by atoms with E-state index in [1.165, 1.54) is 5.56 Å². The van der Waals surface area contributed by atoms with Crippen molar-refractivity contribution in [2.24, 2.45) is 0 Å². The quantitative estimate of drug-likeness (QED) is 0.399. The molecule has 0 saturated carbocycles. The zero-order valence-corrected chi connectivity index (χ0v) is 7.80. The van der Waals surface area contributed by atoms with Gasteiger partial charge >= 0.3 is 0 Å². The molecule has 11 heavy (non-hydrogen) atoms. The predicted octanol–water partition coefficient (Wildman–Crippen LogP) is 0.787. The fourth-order valence-electron chi connectivity index (χ4n) is 0.944. The van der Waals surface area contributed by atoms with E-state index in [2.05, 4.69) is 17.1 Å². The van der Waals surface area contributed by atoms with Gasteiger partial charge in [-0.2, -0.15) is 0 Å². The molecule has 0 bridgehead atoms. The van der Waals surface area contributed by atoms with Crippen LogP contribution in [0.25, 0.3) is 0 Å². The molecule has 0 amide bonds. The molecule has 0 aromatic heterocycles. The Hall–Kier alpha value is -0.673. The second-order valence-corrected chi connectivity index (χ2v) is 3.14. The monoisotopic (exact) mass is 169 g/mol. The molecule has 1 nitrogen and oxygen atoms in total. The summed E-state index contributed by atoms with van der Waals surface area (Å²) in [5, 5.41) is 0. The number of benzene rings is 1. The van der Waals surface area contributed by atoms with Crippen molar-refractivity contribution < 1.29 is 4.11 Å². The predicted molar refractivity (Wildman–Crippen MR) is 47.8 cm³/mol. The van der Waals surface area contributed by atoms with Crippen LogP contribution in [0.4, 0.5) is 4.11 Å². The fraction of sp³-hybridized carbons (Fsp3) is 0.250. The van der Waals surface area contributed by atoms with Crippen molar-refractivity contribution in [1.29, 1.82) is 0 Å². The van der Waals surface area contributed by atoms with Crippen molar-refractivity contribution in [3.05, 3.63) is 35.9 Å².